The Bertz CT molecular complexity index is 826. The van der Waals surface area contributed by atoms with Crippen LogP contribution in [0.5, 0.6) is 0 Å². The van der Waals surface area contributed by atoms with Gasteiger partial charge in [0.15, 0.2) is 29.2 Å². The van der Waals surface area contributed by atoms with Gasteiger partial charge in [-0.25, -0.2) is 9.55 Å². The van der Waals surface area contributed by atoms with Crippen molar-refractivity contribution in [3.05, 3.63) is 80.8 Å². The average Bonchev–Trinajstić information content (AvgIpc) is 2.59. The molecule has 2 aromatic heterocycles. The number of benzene rings is 1. The van der Waals surface area contributed by atoms with E-state index in [1.807, 2.05) is 42.7 Å². The lowest BCUT2D eigenvalue weighted by Crippen LogP contribution is -2.32. The summed E-state index contributed by atoms with van der Waals surface area (Å²) in [5.41, 5.74) is 2.47. The van der Waals surface area contributed by atoms with Crippen molar-refractivity contribution in [3.8, 4) is 0 Å². The lowest BCUT2D eigenvalue weighted by molar-refractivity contribution is -0.688. The van der Waals surface area contributed by atoms with E-state index in [1.165, 1.54) is 5.56 Å². The monoisotopic (exact) mass is 398 g/mol. The van der Waals surface area contributed by atoms with Gasteiger partial charge >= 0.3 is 0 Å². The predicted octanol–water partition coefficient (Wildman–Crippen LogP) is 5.77. The van der Waals surface area contributed by atoms with E-state index in [-0.39, 0.29) is 20.4 Å². The lowest BCUT2D eigenvalue weighted by Gasteiger charge is -2.11. The number of pyridine rings is 2. The van der Waals surface area contributed by atoms with Crippen LogP contribution in [0.4, 0.5) is 11.4 Å². The topological polar surface area (TPSA) is 28.8 Å². The van der Waals surface area contributed by atoms with Gasteiger partial charge in [-0.3, -0.25) is 0 Å². The largest absolute Gasteiger partial charge is 0.353 e. The highest BCUT2D eigenvalue weighted by Crippen LogP contribution is 2.40. The van der Waals surface area contributed by atoms with Gasteiger partial charge in [-0.05, 0) is 0 Å². The van der Waals surface area contributed by atoms with Crippen molar-refractivity contribution < 1.29 is 4.57 Å². The van der Waals surface area contributed by atoms with Gasteiger partial charge in [-0.15, -0.1) is 0 Å². The normalized spacial score (nSPS) is 10.7. The highest BCUT2D eigenvalue weighted by atomic mass is 35.5. The Morgan fingerprint density at radius 3 is 2.00 bits per heavy atom. The Hall–Kier alpha value is -1.52. The van der Waals surface area contributed by atoms with Crippen molar-refractivity contribution in [2.24, 2.45) is 0 Å². The SMILES string of the molecule is Clc1nc(Cl)c(Cl)c(Nc2cc[n+](Cc3ccccc3)cc2)c1Cl. The molecule has 0 saturated heterocycles. The lowest BCUT2D eigenvalue weighted by atomic mass is 10.2. The molecule has 24 heavy (non-hydrogen) atoms. The minimum Gasteiger partial charge on any atom is -0.353 e. The summed E-state index contributed by atoms with van der Waals surface area (Å²) >= 11 is 24.2. The van der Waals surface area contributed by atoms with E-state index in [9.17, 15) is 0 Å². The van der Waals surface area contributed by atoms with Crippen molar-refractivity contribution in [3.63, 3.8) is 0 Å². The first-order valence-corrected chi connectivity index (χ1v) is 8.56. The van der Waals surface area contributed by atoms with Crippen LogP contribution in [0.2, 0.25) is 20.4 Å². The van der Waals surface area contributed by atoms with Crippen LogP contribution < -0.4 is 9.88 Å². The Morgan fingerprint density at radius 2 is 1.42 bits per heavy atom. The van der Waals surface area contributed by atoms with Gasteiger partial charge in [0.1, 0.15) is 10.0 Å². The molecule has 0 unspecified atom stereocenters. The maximum Gasteiger partial charge on any atom is 0.173 e. The molecule has 0 aliphatic heterocycles. The number of nitrogens with zero attached hydrogens (tertiary/aromatic N) is 2. The van der Waals surface area contributed by atoms with Crippen molar-refractivity contribution in [1.82, 2.24) is 4.98 Å². The van der Waals surface area contributed by atoms with Crippen molar-refractivity contribution in [2.75, 3.05) is 5.32 Å². The van der Waals surface area contributed by atoms with Crippen LogP contribution in [0.25, 0.3) is 0 Å². The second kappa shape index (κ2) is 7.58. The third-order valence-electron chi connectivity index (χ3n) is 3.37. The van der Waals surface area contributed by atoms with Crippen LogP contribution in [-0.2, 0) is 6.54 Å². The van der Waals surface area contributed by atoms with Crippen LogP contribution in [-0.4, -0.2) is 4.98 Å². The molecule has 1 N–H and O–H groups in total. The fraction of sp³-hybridized carbons (Fsp3) is 0.0588. The molecule has 7 heteroatoms. The van der Waals surface area contributed by atoms with E-state index in [4.69, 9.17) is 46.4 Å². The molecule has 1 aromatic carbocycles. The molecule has 0 bridgehead atoms. The standard InChI is InChI=1S/C17H11Cl4N3/c18-13-15(14(19)17(21)23-16(13)20)22-12-6-8-24(9-7-12)10-11-4-2-1-3-5-11/h1-9H,10H2/p+1. The van der Waals surface area contributed by atoms with E-state index >= 15 is 0 Å². The minimum absolute atomic E-state index is 0.101. The molecule has 0 aliphatic carbocycles. The van der Waals surface area contributed by atoms with Gasteiger partial charge < -0.3 is 5.32 Å². The quantitative estimate of drug-likeness (QED) is 0.445. The Balaban J connectivity index is 1.80. The first-order chi connectivity index (χ1) is 11.5. The number of nitrogens with one attached hydrogen (secondary N) is 1. The maximum atomic E-state index is 6.15. The molecule has 0 spiro atoms. The zero-order valence-corrected chi connectivity index (χ0v) is 15.3. The zero-order chi connectivity index (χ0) is 17.1. The van der Waals surface area contributed by atoms with Crippen molar-refractivity contribution >= 4 is 57.8 Å². The summed E-state index contributed by atoms with van der Waals surface area (Å²) in [6.45, 7) is 0.787. The number of aromatic nitrogens is 2. The second-order valence-electron chi connectivity index (χ2n) is 5.07. The maximum absolute atomic E-state index is 6.15. The molecule has 0 fully saturated rings. The number of anilines is 2. The van der Waals surface area contributed by atoms with Crippen LogP contribution in [0.1, 0.15) is 5.56 Å². The second-order valence-corrected chi connectivity index (χ2v) is 6.54. The molecular formula is C17H12Cl4N3+. The molecular weight excluding hydrogens is 388 g/mol. The van der Waals surface area contributed by atoms with Crippen molar-refractivity contribution in [1.29, 1.82) is 0 Å². The summed E-state index contributed by atoms with van der Waals surface area (Å²) in [5.74, 6) is 0. The van der Waals surface area contributed by atoms with Crippen LogP contribution in [0.15, 0.2) is 54.9 Å². The molecule has 0 radical (unpaired) electrons. The van der Waals surface area contributed by atoms with Crippen molar-refractivity contribution in [2.45, 2.75) is 6.54 Å². The fourth-order valence-electron chi connectivity index (χ4n) is 2.18. The number of rotatable bonds is 4. The van der Waals surface area contributed by atoms with Gasteiger partial charge in [-0.2, -0.15) is 0 Å². The summed E-state index contributed by atoms with van der Waals surface area (Å²) in [6, 6.07) is 14.0. The summed E-state index contributed by atoms with van der Waals surface area (Å²) < 4.78 is 2.07. The molecule has 3 aromatic rings. The number of hydrogen-bond acceptors (Lipinski definition) is 2. The van der Waals surface area contributed by atoms with Gasteiger partial charge in [0.05, 0.1) is 11.4 Å². The van der Waals surface area contributed by atoms with E-state index < -0.39 is 0 Å². The summed E-state index contributed by atoms with van der Waals surface area (Å²) in [6.07, 6.45) is 3.92. The van der Waals surface area contributed by atoms with Gasteiger partial charge in [0.2, 0.25) is 0 Å². The molecule has 0 amide bonds. The summed E-state index contributed by atoms with van der Waals surface area (Å²) in [7, 11) is 0. The fourth-order valence-corrected chi connectivity index (χ4v) is 3.00. The third-order valence-corrected chi connectivity index (χ3v) is 4.84. The summed E-state index contributed by atoms with van der Waals surface area (Å²) in [4.78, 5) is 3.86. The average molecular weight is 400 g/mol. The molecule has 122 valence electrons. The molecule has 0 saturated carbocycles. The molecule has 0 atom stereocenters. The smallest absolute Gasteiger partial charge is 0.173 e. The van der Waals surface area contributed by atoms with E-state index in [0.717, 1.165) is 12.2 Å². The zero-order valence-electron chi connectivity index (χ0n) is 12.3. The molecule has 2 heterocycles. The van der Waals surface area contributed by atoms with E-state index in [0.29, 0.717) is 5.69 Å². The van der Waals surface area contributed by atoms with Gasteiger partial charge in [-0.1, -0.05) is 76.7 Å². The van der Waals surface area contributed by atoms with Gasteiger partial charge in [0, 0.05) is 17.7 Å². The first kappa shape index (κ1) is 17.3. The van der Waals surface area contributed by atoms with Crippen LogP contribution >= 0.6 is 46.4 Å². The molecule has 0 aliphatic rings. The minimum atomic E-state index is 0.101. The predicted molar refractivity (Wildman–Crippen MR) is 99.7 cm³/mol. The Morgan fingerprint density at radius 1 is 0.833 bits per heavy atom. The molecule has 3 nitrogen and oxygen atoms in total. The highest BCUT2D eigenvalue weighted by Gasteiger charge is 2.16. The Kier molecular flexibility index (Phi) is 5.47. The van der Waals surface area contributed by atoms with Crippen LogP contribution in [0.3, 0.4) is 0 Å². The van der Waals surface area contributed by atoms with E-state index in [2.05, 4.69) is 27.0 Å². The first-order valence-electron chi connectivity index (χ1n) is 7.04. The number of hydrogen-bond donors (Lipinski definition) is 1. The summed E-state index contributed by atoms with van der Waals surface area (Å²) in [5, 5.41) is 3.79. The van der Waals surface area contributed by atoms with E-state index in [1.54, 1.807) is 0 Å². The Labute approximate surface area is 159 Å². The van der Waals surface area contributed by atoms with Gasteiger partial charge in [0.25, 0.3) is 0 Å². The van der Waals surface area contributed by atoms with Crippen LogP contribution in [0, 0.1) is 0 Å². The highest BCUT2D eigenvalue weighted by molar-refractivity contribution is 6.48. The molecule has 3 rings (SSSR count). The third kappa shape index (κ3) is 3.93. The number of halogens is 4.